The average Bonchev–Trinajstić information content (AvgIpc) is 2.84. The molecule has 2 aliphatic heterocycles. The quantitative estimate of drug-likeness (QED) is 0.276. The Hall–Kier alpha value is -1.10. The van der Waals surface area contributed by atoms with E-state index in [9.17, 15) is 0 Å². The van der Waals surface area contributed by atoms with Crippen molar-refractivity contribution in [2.45, 2.75) is 39.3 Å². The molecule has 1 atom stereocenters. The smallest absolute Gasteiger partial charge is 0.191 e. The van der Waals surface area contributed by atoms with E-state index in [1.807, 2.05) is 7.05 Å². The second-order valence-corrected chi connectivity index (χ2v) is 8.33. The van der Waals surface area contributed by atoms with Crippen LogP contribution in [0.2, 0.25) is 0 Å². The summed E-state index contributed by atoms with van der Waals surface area (Å²) in [6, 6.07) is 9.13. The summed E-state index contributed by atoms with van der Waals surface area (Å²) < 4.78 is 11.1. The first-order chi connectivity index (χ1) is 15.3. The lowest BCUT2D eigenvalue weighted by Gasteiger charge is -2.39. The van der Waals surface area contributed by atoms with E-state index in [4.69, 9.17) is 9.47 Å². The lowest BCUT2D eigenvalue weighted by atomic mass is 9.92. The molecule has 0 spiro atoms. The summed E-state index contributed by atoms with van der Waals surface area (Å²) in [5, 5.41) is 7.14. The van der Waals surface area contributed by atoms with E-state index in [-0.39, 0.29) is 24.0 Å². The van der Waals surface area contributed by atoms with Crippen LogP contribution in [-0.2, 0) is 16.0 Å². The molecular formula is C24H42IN5O2. The number of nitrogens with zero attached hydrogens (tertiary/aromatic N) is 3. The van der Waals surface area contributed by atoms with Gasteiger partial charge in [-0.2, -0.15) is 0 Å². The molecule has 1 aromatic carbocycles. The molecule has 2 aliphatic rings. The van der Waals surface area contributed by atoms with Crippen LogP contribution in [0.1, 0.15) is 32.3 Å². The lowest BCUT2D eigenvalue weighted by Crippen LogP contribution is -2.53. The normalized spacial score (nSPS) is 18.9. The van der Waals surface area contributed by atoms with Gasteiger partial charge in [0.05, 0.1) is 26.4 Å². The summed E-state index contributed by atoms with van der Waals surface area (Å²) in [6.45, 7) is 13.4. The number of morpholine rings is 2. The summed E-state index contributed by atoms with van der Waals surface area (Å²) in [5.41, 5.74) is 2.58. The molecule has 0 aromatic heterocycles. The van der Waals surface area contributed by atoms with Gasteiger partial charge in [-0.1, -0.05) is 44.9 Å². The summed E-state index contributed by atoms with van der Waals surface area (Å²) >= 11 is 0. The van der Waals surface area contributed by atoms with Gasteiger partial charge in [0.1, 0.15) is 0 Å². The number of para-hydroxylation sites is 1. The van der Waals surface area contributed by atoms with E-state index in [1.165, 1.54) is 24.1 Å². The fraction of sp³-hybridized carbons (Fsp3) is 0.708. The van der Waals surface area contributed by atoms with Crippen molar-refractivity contribution in [1.82, 2.24) is 15.5 Å². The number of benzene rings is 1. The zero-order valence-electron chi connectivity index (χ0n) is 20.0. The van der Waals surface area contributed by atoms with Crippen LogP contribution in [0.3, 0.4) is 0 Å². The predicted molar refractivity (Wildman–Crippen MR) is 143 cm³/mol. The number of hydrogen-bond acceptors (Lipinski definition) is 5. The SMILES string of the molecule is CCC(CC)C(CNC(=NC)NCc1ccccc1N1CCOCC1)N1CCOCC1.I. The van der Waals surface area contributed by atoms with Gasteiger partial charge >= 0.3 is 0 Å². The minimum atomic E-state index is 0. The second kappa shape index (κ2) is 14.9. The predicted octanol–water partition coefficient (Wildman–Crippen LogP) is 2.94. The number of halogens is 1. The van der Waals surface area contributed by atoms with E-state index in [0.29, 0.717) is 12.0 Å². The molecule has 1 aromatic rings. The number of guanidine groups is 1. The van der Waals surface area contributed by atoms with Crippen molar-refractivity contribution in [3.05, 3.63) is 29.8 Å². The fourth-order valence-electron chi connectivity index (χ4n) is 4.71. The van der Waals surface area contributed by atoms with Gasteiger partial charge in [-0.15, -0.1) is 24.0 Å². The highest BCUT2D eigenvalue weighted by Gasteiger charge is 2.27. The van der Waals surface area contributed by atoms with Crippen LogP contribution in [0.4, 0.5) is 5.69 Å². The molecule has 0 aliphatic carbocycles. The first-order valence-electron chi connectivity index (χ1n) is 11.9. The number of rotatable bonds is 9. The van der Waals surface area contributed by atoms with Crippen molar-refractivity contribution in [1.29, 1.82) is 0 Å². The number of aliphatic imine (C=N–C) groups is 1. The third-order valence-electron chi connectivity index (χ3n) is 6.60. The zero-order valence-corrected chi connectivity index (χ0v) is 22.3. The maximum atomic E-state index is 5.58. The minimum Gasteiger partial charge on any atom is -0.379 e. The van der Waals surface area contributed by atoms with Gasteiger partial charge < -0.3 is 25.0 Å². The van der Waals surface area contributed by atoms with E-state index in [2.05, 4.69) is 63.5 Å². The van der Waals surface area contributed by atoms with Crippen LogP contribution in [0.5, 0.6) is 0 Å². The Morgan fingerprint density at radius 3 is 2.22 bits per heavy atom. The summed E-state index contributed by atoms with van der Waals surface area (Å²) in [5.74, 6) is 1.53. The molecule has 182 valence electrons. The third-order valence-corrected chi connectivity index (χ3v) is 6.60. The molecule has 0 radical (unpaired) electrons. The Morgan fingerprint density at radius 1 is 0.969 bits per heavy atom. The fourth-order valence-corrected chi connectivity index (χ4v) is 4.71. The Labute approximate surface area is 211 Å². The number of nitrogens with one attached hydrogen (secondary N) is 2. The van der Waals surface area contributed by atoms with Crippen molar-refractivity contribution in [3.63, 3.8) is 0 Å². The Kier molecular flexibility index (Phi) is 12.7. The summed E-state index contributed by atoms with van der Waals surface area (Å²) in [6.07, 6.45) is 2.39. The molecular weight excluding hydrogens is 517 g/mol. The van der Waals surface area contributed by atoms with E-state index in [1.54, 1.807) is 0 Å². The molecule has 1 unspecified atom stereocenters. The van der Waals surface area contributed by atoms with E-state index in [0.717, 1.165) is 71.7 Å². The van der Waals surface area contributed by atoms with Gasteiger partial charge in [-0.3, -0.25) is 9.89 Å². The highest BCUT2D eigenvalue weighted by Crippen LogP contribution is 2.22. The standard InChI is InChI=1S/C24H41N5O2.HI/c1-4-20(5-2)23(29-12-16-31-17-13-29)19-27-24(25-3)26-18-21-8-6-7-9-22(21)28-10-14-30-15-11-28;/h6-9,20,23H,4-5,10-19H2,1-3H3,(H2,25,26,27);1H. The average molecular weight is 560 g/mol. The number of hydrogen-bond donors (Lipinski definition) is 2. The van der Waals surface area contributed by atoms with Crippen LogP contribution >= 0.6 is 24.0 Å². The molecule has 0 amide bonds. The molecule has 0 bridgehead atoms. The highest BCUT2D eigenvalue weighted by atomic mass is 127. The molecule has 7 nitrogen and oxygen atoms in total. The van der Waals surface area contributed by atoms with Crippen LogP contribution < -0.4 is 15.5 Å². The number of ether oxygens (including phenoxy) is 2. The Morgan fingerprint density at radius 2 is 1.59 bits per heavy atom. The van der Waals surface area contributed by atoms with Crippen LogP contribution in [-0.4, -0.2) is 83.1 Å². The van der Waals surface area contributed by atoms with Crippen molar-refractivity contribution in [3.8, 4) is 0 Å². The topological polar surface area (TPSA) is 61.4 Å². The molecule has 2 heterocycles. The van der Waals surface area contributed by atoms with Gasteiger partial charge in [-0.25, -0.2) is 0 Å². The van der Waals surface area contributed by atoms with E-state index >= 15 is 0 Å². The Bertz CT molecular complexity index is 674. The molecule has 8 heteroatoms. The second-order valence-electron chi connectivity index (χ2n) is 8.33. The first-order valence-corrected chi connectivity index (χ1v) is 11.9. The third kappa shape index (κ3) is 7.74. The van der Waals surface area contributed by atoms with Gasteiger partial charge in [-0.05, 0) is 17.5 Å². The van der Waals surface area contributed by atoms with Gasteiger partial charge in [0, 0.05) is 58.0 Å². The largest absolute Gasteiger partial charge is 0.379 e. The molecule has 2 N–H and O–H groups in total. The highest BCUT2D eigenvalue weighted by molar-refractivity contribution is 14.0. The monoisotopic (exact) mass is 559 g/mol. The molecule has 32 heavy (non-hydrogen) atoms. The van der Waals surface area contributed by atoms with Crippen molar-refractivity contribution in [2.24, 2.45) is 10.9 Å². The van der Waals surface area contributed by atoms with Gasteiger partial charge in [0.25, 0.3) is 0 Å². The molecule has 0 saturated carbocycles. The lowest BCUT2D eigenvalue weighted by molar-refractivity contribution is 0.00272. The minimum absolute atomic E-state index is 0. The maximum Gasteiger partial charge on any atom is 0.191 e. The van der Waals surface area contributed by atoms with E-state index < -0.39 is 0 Å². The number of anilines is 1. The molecule has 2 fully saturated rings. The van der Waals surface area contributed by atoms with Crippen LogP contribution in [0.25, 0.3) is 0 Å². The maximum absolute atomic E-state index is 5.58. The summed E-state index contributed by atoms with van der Waals surface area (Å²) in [7, 11) is 1.85. The van der Waals surface area contributed by atoms with Gasteiger partial charge in [0.15, 0.2) is 5.96 Å². The summed E-state index contributed by atoms with van der Waals surface area (Å²) in [4.78, 5) is 9.50. The van der Waals surface area contributed by atoms with Crippen molar-refractivity contribution in [2.75, 3.05) is 71.1 Å². The van der Waals surface area contributed by atoms with Crippen LogP contribution in [0.15, 0.2) is 29.3 Å². The molecule has 3 rings (SSSR count). The van der Waals surface area contributed by atoms with Gasteiger partial charge in [0.2, 0.25) is 0 Å². The van der Waals surface area contributed by atoms with Crippen molar-refractivity contribution >= 4 is 35.6 Å². The van der Waals surface area contributed by atoms with Crippen molar-refractivity contribution < 1.29 is 9.47 Å². The first kappa shape index (κ1) is 27.1. The zero-order chi connectivity index (χ0) is 21.9. The van der Waals surface area contributed by atoms with Crippen LogP contribution in [0, 0.1) is 5.92 Å². The molecule has 2 saturated heterocycles. The Balaban J connectivity index is 0.00000363.